The van der Waals surface area contributed by atoms with E-state index in [-0.39, 0.29) is 4.77 Å². The Kier molecular flexibility index (Phi) is 5.62. The van der Waals surface area contributed by atoms with Crippen LogP contribution in [0.4, 0.5) is 13.2 Å². The lowest BCUT2D eigenvalue weighted by Crippen LogP contribution is -2.12. The molecule has 140 valence electrons. The van der Waals surface area contributed by atoms with Gasteiger partial charge in [-0.2, -0.15) is 22.9 Å². The molecule has 1 N–H and O–H groups in total. The third-order valence-corrected chi connectivity index (χ3v) is 3.92. The molecule has 0 bridgehead atoms. The largest absolute Gasteiger partial charge is 0.489 e. The van der Waals surface area contributed by atoms with Crippen molar-refractivity contribution >= 4 is 30.0 Å². The Morgan fingerprint density at radius 3 is 2.67 bits per heavy atom. The molecule has 5 nitrogen and oxygen atoms in total. The molecule has 27 heavy (non-hydrogen) atoms. The second-order valence-electron chi connectivity index (χ2n) is 5.39. The molecular weight excluding hydrogens is 401 g/mol. The maximum absolute atomic E-state index is 12.9. The van der Waals surface area contributed by atoms with Gasteiger partial charge < -0.3 is 4.74 Å². The monoisotopic (exact) mass is 412 g/mol. The minimum Gasteiger partial charge on any atom is -0.489 e. The van der Waals surface area contributed by atoms with E-state index < -0.39 is 12.0 Å². The quantitative estimate of drug-likeness (QED) is 0.470. The lowest BCUT2D eigenvalue weighted by molar-refractivity contribution is -0.147. The molecule has 1 heterocycles. The number of aromatic amines is 1. The first-order valence-electron chi connectivity index (χ1n) is 7.59. The molecule has 0 aliphatic rings. The third kappa shape index (κ3) is 4.95. The number of H-pyrrole nitrogens is 1. The van der Waals surface area contributed by atoms with Gasteiger partial charge in [0.2, 0.25) is 4.77 Å². The summed E-state index contributed by atoms with van der Waals surface area (Å²) in [4.78, 5) is 0. The molecule has 0 fully saturated rings. The predicted molar refractivity (Wildman–Crippen MR) is 97.6 cm³/mol. The number of ether oxygens (including phenoxy) is 1. The van der Waals surface area contributed by atoms with Crippen LogP contribution in [0.1, 0.15) is 17.0 Å². The first-order valence-corrected chi connectivity index (χ1v) is 8.38. The van der Waals surface area contributed by atoms with Crippen LogP contribution in [0, 0.1) is 4.77 Å². The fraction of sp³-hybridized carbons (Fsp3) is 0.118. The minimum atomic E-state index is -4.67. The van der Waals surface area contributed by atoms with E-state index in [0.717, 1.165) is 5.56 Å². The van der Waals surface area contributed by atoms with Crippen LogP contribution in [0.5, 0.6) is 5.75 Å². The number of hydrogen-bond acceptors (Lipinski definition) is 4. The third-order valence-electron chi connectivity index (χ3n) is 3.40. The van der Waals surface area contributed by atoms with Crippen LogP contribution in [-0.4, -0.2) is 21.1 Å². The highest BCUT2D eigenvalue weighted by Crippen LogP contribution is 2.27. The molecule has 3 rings (SSSR count). The summed E-state index contributed by atoms with van der Waals surface area (Å²) in [5.74, 6) is -0.681. The normalized spacial score (nSPS) is 11.9. The summed E-state index contributed by atoms with van der Waals surface area (Å²) in [7, 11) is 0. The molecule has 0 saturated carbocycles. The molecule has 2 aromatic carbocycles. The average molecular weight is 413 g/mol. The maximum atomic E-state index is 12.9. The number of rotatable bonds is 5. The van der Waals surface area contributed by atoms with E-state index in [1.165, 1.54) is 6.21 Å². The molecule has 0 amide bonds. The number of nitrogens with zero attached hydrogens (tertiary/aromatic N) is 3. The minimum absolute atomic E-state index is 0.256. The number of aromatic nitrogens is 3. The first-order chi connectivity index (χ1) is 12.8. The maximum Gasteiger partial charge on any atom is 0.453 e. The molecule has 0 radical (unpaired) electrons. The van der Waals surface area contributed by atoms with Gasteiger partial charge in [0.1, 0.15) is 12.4 Å². The summed E-state index contributed by atoms with van der Waals surface area (Å²) in [5.41, 5.74) is 1.47. The van der Waals surface area contributed by atoms with Crippen molar-refractivity contribution in [1.29, 1.82) is 0 Å². The number of benzene rings is 2. The number of nitrogens with one attached hydrogen (secondary N) is 1. The van der Waals surface area contributed by atoms with Gasteiger partial charge in [-0.1, -0.05) is 35.9 Å². The highest BCUT2D eigenvalue weighted by molar-refractivity contribution is 7.71. The number of alkyl halides is 3. The number of hydrogen-bond donors (Lipinski definition) is 1. The van der Waals surface area contributed by atoms with Gasteiger partial charge in [0.25, 0.3) is 5.82 Å². The molecule has 10 heteroatoms. The number of halogens is 4. The predicted octanol–water partition coefficient (Wildman–Crippen LogP) is 5.07. The van der Waals surface area contributed by atoms with E-state index in [4.69, 9.17) is 28.6 Å². The van der Waals surface area contributed by atoms with Gasteiger partial charge in [0.15, 0.2) is 0 Å². The standard InChI is InChI=1S/C17H12ClF3N4OS/c18-13-6-4-11(5-7-13)10-26-14-3-1-2-12(8-14)9-22-25-15(17(19,20)21)23-24-16(25)27/h1-9H,10H2,(H,24,27)/b22-9-. The molecule has 0 spiro atoms. The van der Waals surface area contributed by atoms with E-state index in [2.05, 4.69) is 15.3 Å². The molecule has 1 aromatic heterocycles. The molecule has 3 aromatic rings. The summed E-state index contributed by atoms with van der Waals surface area (Å²) in [6, 6.07) is 14.0. The Balaban J connectivity index is 1.74. The van der Waals surface area contributed by atoms with Crippen LogP contribution in [0.3, 0.4) is 0 Å². The van der Waals surface area contributed by atoms with Crippen molar-refractivity contribution < 1.29 is 17.9 Å². The second kappa shape index (κ2) is 7.93. The SMILES string of the molecule is FC(F)(F)c1n[nH]c(=S)n1/N=C\c1cccc(OCc2ccc(Cl)cc2)c1. The zero-order chi connectivity index (χ0) is 19.4. The molecular formula is C17H12ClF3N4OS. The smallest absolute Gasteiger partial charge is 0.453 e. The fourth-order valence-electron chi connectivity index (χ4n) is 2.14. The van der Waals surface area contributed by atoms with E-state index in [9.17, 15) is 13.2 Å². The summed E-state index contributed by atoms with van der Waals surface area (Å²) >= 11 is 10.6. The highest BCUT2D eigenvalue weighted by Gasteiger charge is 2.37. The first kappa shape index (κ1) is 19.1. The van der Waals surface area contributed by atoms with Crippen LogP contribution in [-0.2, 0) is 12.8 Å². The van der Waals surface area contributed by atoms with Crippen LogP contribution in [0.25, 0.3) is 0 Å². The van der Waals surface area contributed by atoms with Crippen molar-refractivity contribution in [2.24, 2.45) is 5.10 Å². The fourth-order valence-corrected chi connectivity index (χ4v) is 2.44. The Morgan fingerprint density at radius 2 is 1.96 bits per heavy atom. The van der Waals surface area contributed by atoms with Crippen molar-refractivity contribution in [1.82, 2.24) is 14.9 Å². The second-order valence-corrected chi connectivity index (χ2v) is 6.22. The van der Waals surface area contributed by atoms with Crippen LogP contribution < -0.4 is 4.74 Å². The Hall–Kier alpha value is -2.65. The summed E-state index contributed by atoms with van der Waals surface area (Å²) in [5, 5.41) is 9.65. The van der Waals surface area contributed by atoms with Crippen LogP contribution in [0.2, 0.25) is 5.02 Å². The lowest BCUT2D eigenvalue weighted by Gasteiger charge is -2.07. The van der Waals surface area contributed by atoms with E-state index in [1.54, 1.807) is 36.4 Å². The zero-order valence-corrected chi connectivity index (χ0v) is 15.1. The Bertz CT molecular complexity index is 1010. The van der Waals surface area contributed by atoms with Gasteiger partial charge in [-0.15, -0.1) is 5.10 Å². The van der Waals surface area contributed by atoms with Crippen LogP contribution in [0.15, 0.2) is 53.6 Å². The van der Waals surface area contributed by atoms with Crippen molar-refractivity contribution in [3.63, 3.8) is 0 Å². The van der Waals surface area contributed by atoms with Gasteiger partial charge in [-0.25, -0.2) is 5.10 Å². The van der Waals surface area contributed by atoms with Gasteiger partial charge >= 0.3 is 6.18 Å². The summed E-state index contributed by atoms with van der Waals surface area (Å²) < 4.78 is 44.6. The lowest BCUT2D eigenvalue weighted by atomic mass is 10.2. The summed E-state index contributed by atoms with van der Waals surface area (Å²) in [6.07, 6.45) is -3.43. The van der Waals surface area contributed by atoms with Crippen molar-refractivity contribution in [3.8, 4) is 5.75 Å². The summed E-state index contributed by atoms with van der Waals surface area (Å²) in [6.45, 7) is 0.322. The molecule has 0 aliphatic heterocycles. The van der Waals surface area contributed by atoms with E-state index in [0.29, 0.717) is 27.6 Å². The van der Waals surface area contributed by atoms with Gasteiger partial charge in [0, 0.05) is 5.02 Å². The van der Waals surface area contributed by atoms with Gasteiger partial charge in [0.05, 0.1) is 6.21 Å². The van der Waals surface area contributed by atoms with Crippen molar-refractivity contribution in [2.45, 2.75) is 12.8 Å². The topological polar surface area (TPSA) is 55.2 Å². The van der Waals surface area contributed by atoms with Gasteiger partial charge in [-0.05, 0) is 47.6 Å². The van der Waals surface area contributed by atoms with Crippen LogP contribution >= 0.6 is 23.8 Å². The van der Waals surface area contributed by atoms with Gasteiger partial charge in [-0.3, -0.25) is 0 Å². The zero-order valence-electron chi connectivity index (χ0n) is 13.6. The van der Waals surface area contributed by atoms with E-state index >= 15 is 0 Å². The Morgan fingerprint density at radius 1 is 1.22 bits per heavy atom. The van der Waals surface area contributed by atoms with E-state index in [1.807, 2.05) is 12.1 Å². The average Bonchev–Trinajstić information content (AvgIpc) is 3.01. The molecule has 0 aliphatic carbocycles. The molecule has 0 unspecified atom stereocenters. The van der Waals surface area contributed by atoms with Crippen molar-refractivity contribution in [2.75, 3.05) is 0 Å². The molecule has 0 saturated heterocycles. The highest BCUT2D eigenvalue weighted by atomic mass is 35.5. The molecule has 0 atom stereocenters. The Labute approximate surface area is 162 Å². The van der Waals surface area contributed by atoms with Crippen molar-refractivity contribution in [3.05, 3.63) is 75.3 Å².